The second-order valence-corrected chi connectivity index (χ2v) is 6.76. The zero-order chi connectivity index (χ0) is 18.4. The number of amides is 1. The number of ether oxygens (including phenoxy) is 1. The van der Waals surface area contributed by atoms with Crippen molar-refractivity contribution < 1.29 is 14.6 Å². The Balaban J connectivity index is 1.50. The number of benzene rings is 1. The summed E-state index contributed by atoms with van der Waals surface area (Å²) >= 11 is 7.16. The molecule has 0 saturated carbocycles. The van der Waals surface area contributed by atoms with Gasteiger partial charge in [0.2, 0.25) is 0 Å². The van der Waals surface area contributed by atoms with E-state index >= 15 is 0 Å². The molecule has 0 aliphatic rings. The number of carbonyl (C=O) groups excluding carboxylic acids is 1. The van der Waals surface area contributed by atoms with Crippen molar-refractivity contribution in [3.05, 3.63) is 75.5 Å². The summed E-state index contributed by atoms with van der Waals surface area (Å²) in [6.45, 7) is 0.344. The number of hydrogen-bond acceptors (Lipinski definition) is 6. The Morgan fingerprint density at radius 2 is 2.12 bits per heavy atom. The SMILES string of the molecule is O=C(NC[C@H](O)c1cccnc1)c1csc(COc2ccc(Cl)cc2)n1. The number of nitrogens with one attached hydrogen (secondary N) is 1. The third-order valence-corrected chi connectivity index (χ3v) is 4.56. The number of rotatable bonds is 7. The number of carbonyl (C=O) groups is 1. The second-order valence-electron chi connectivity index (χ2n) is 5.38. The molecule has 1 aromatic carbocycles. The van der Waals surface area contributed by atoms with Gasteiger partial charge in [-0.2, -0.15) is 0 Å². The highest BCUT2D eigenvalue weighted by atomic mass is 35.5. The summed E-state index contributed by atoms with van der Waals surface area (Å²) in [5.74, 6) is 0.331. The van der Waals surface area contributed by atoms with Crippen LogP contribution in [0.15, 0.2) is 54.2 Å². The number of aromatic nitrogens is 2. The number of thiazole rings is 1. The molecule has 8 heteroatoms. The highest BCUT2D eigenvalue weighted by Gasteiger charge is 2.14. The normalized spacial score (nSPS) is 11.8. The smallest absolute Gasteiger partial charge is 0.270 e. The summed E-state index contributed by atoms with van der Waals surface area (Å²) in [7, 11) is 0. The quantitative estimate of drug-likeness (QED) is 0.648. The Kier molecular flexibility index (Phi) is 6.17. The first-order valence-corrected chi connectivity index (χ1v) is 9.06. The van der Waals surface area contributed by atoms with Gasteiger partial charge in [-0.1, -0.05) is 17.7 Å². The van der Waals surface area contributed by atoms with Crippen LogP contribution in [0.5, 0.6) is 5.75 Å². The van der Waals surface area contributed by atoms with Gasteiger partial charge in [-0.15, -0.1) is 11.3 Å². The maximum Gasteiger partial charge on any atom is 0.270 e. The van der Waals surface area contributed by atoms with Crippen LogP contribution in [0.2, 0.25) is 5.02 Å². The zero-order valence-electron chi connectivity index (χ0n) is 13.6. The average Bonchev–Trinajstić information content (AvgIpc) is 3.15. The Morgan fingerprint density at radius 3 is 2.85 bits per heavy atom. The molecule has 0 spiro atoms. The van der Waals surface area contributed by atoms with Gasteiger partial charge >= 0.3 is 0 Å². The van der Waals surface area contributed by atoms with E-state index in [-0.39, 0.29) is 19.1 Å². The molecule has 2 aromatic heterocycles. The first kappa shape index (κ1) is 18.3. The van der Waals surface area contributed by atoms with Crippen molar-refractivity contribution in [3.8, 4) is 5.75 Å². The Labute approximate surface area is 159 Å². The molecule has 0 aliphatic heterocycles. The van der Waals surface area contributed by atoms with Gasteiger partial charge in [-0.3, -0.25) is 9.78 Å². The molecule has 2 heterocycles. The van der Waals surface area contributed by atoms with E-state index in [4.69, 9.17) is 16.3 Å². The van der Waals surface area contributed by atoms with Crippen LogP contribution in [0.3, 0.4) is 0 Å². The van der Waals surface area contributed by atoms with Gasteiger partial charge in [-0.05, 0) is 30.3 Å². The van der Waals surface area contributed by atoms with Crippen LogP contribution >= 0.6 is 22.9 Å². The second kappa shape index (κ2) is 8.75. The Hall–Kier alpha value is -2.48. The fourth-order valence-electron chi connectivity index (χ4n) is 2.13. The van der Waals surface area contributed by atoms with Crippen LogP contribution in [-0.2, 0) is 6.61 Å². The van der Waals surface area contributed by atoms with Gasteiger partial charge in [-0.25, -0.2) is 4.98 Å². The maximum atomic E-state index is 12.2. The molecule has 26 heavy (non-hydrogen) atoms. The summed E-state index contributed by atoms with van der Waals surface area (Å²) in [6.07, 6.45) is 2.36. The molecule has 1 amide bonds. The van der Waals surface area contributed by atoms with Crippen molar-refractivity contribution in [2.24, 2.45) is 0 Å². The number of aliphatic hydroxyl groups is 1. The summed E-state index contributed by atoms with van der Waals surface area (Å²) in [6, 6.07) is 10.5. The molecular weight excluding hydrogens is 374 g/mol. The van der Waals surface area contributed by atoms with Gasteiger partial charge in [0.1, 0.15) is 23.1 Å². The molecule has 2 N–H and O–H groups in total. The van der Waals surface area contributed by atoms with Crippen LogP contribution in [0.1, 0.15) is 27.2 Å². The highest BCUT2D eigenvalue weighted by Crippen LogP contribution is 2.18. The van der Waals surface area contributed by atoms with Crippen molar-refractivity contribution in [2.75, 3.05) is 6.54 Å². The summed E-state index contributed by atoms with van der Waals surface area (Å²) in [5, 5.41) is 15.7. The number of halogens is 1. The van der Waals surface area contributed by atoms with Crippen LogP contribution in [0.4, 0.5) is 0 Å². The van der Waals surface area contributed by atoms with Crippen molar-refractivity contribution in [1.82, 2.24) is 15.3 Å². The topological polar surface area (TPSA) is 84.3 Å². The number of aliphatic hydroxyl groups excluding tert-OH is 1. The van der Waals surface area contributed by atoms with Gasteiger partial charge in [0.05, 0.1) is 6.10 Å². The molecule has 0 bridgehead atoms. The molecule has 0 fully saturated rings. The molecule has 1 atom stereocenters. The highest BCUT2D eigenvalue weighted by molar-refractivity contribution is 7.09. The van der Waals surface area contributed by atoms with E-state index in [9.17, 15) is 9.90 Å². The summed E-state index contributed by atoms with van der Waals surface area (Å²) < 4.78 is 5.61. The van der Waals surface area contributed by atoms with Crippen LogP contribution < -0.4 is 10.1 Å². The summed E-state index contributed by atoms with van der Waals surface area (Å²) in [4.78, 5) is 20.4. The minimum absolute atomic E-state index is 0.0820. The molecular formula is C18H16ClN3O3S. The Bertz CT molecular complexity index is 856. The molecule has 134 valence electrons. The standard InChI is InChI=1S/C18H16ClN3O3S/c19-13-3-5-14(6-4-13)25-10-17-22-15(11-26-17)18(24)21-9-16(23)12-2-1-7-20-8-12/h1-8,11,16,23H,9-10H2,(H,21,24)/t16-/m0/s1. The molecule has 0 aliphatic carbocycles. The lowest BCUT2D eigenvalue weighted by Crippen LogP contribution is -2.28. The zero-order valence-corrected chi connectivity index (χ0v) is 15.2. The van der Waals surface area contributed by atoms with E-state index in [0.717, 1.165) is 0 Å². The fraction of sp³-hybridized carbons (Fsp3) is 0.167. The minimum atomic E-state index is -0.820. The van der Waals surface area contributed by atoms with Crippen LogP contribution in [0.25, 0.3) is 0 Å². The van der Waals surface area contributed by atoms with Crippen molar-refractivity contribution >= 4 is 28.8 Å². The summed E-state index contributed by atoms with van der Waals surface area (Å²) in [5.41, 5.74) is 0.936. The lowest BCUT2D eigenvalue weighted by atomic mass is 10.1. The van der Waals surface area contributed by atoms with Gasteiger partial charge in [0, 0.05) is 34.9 Å². The molecule has 6 nitrogen and oxygen atoms in total. The van der Waals surface area contributed by atoms with E-state index in [2.05, 4.69) is 15.3 Å². The van der Waals surface area contributed by atoms with E-state index in [1.807, 2.05) is 0 Å². The Morgan fingerprint density at radius 1 is 1.31 bits per heavy atom. The first-order chi connectivity index (χ1) is 12.6. The number of pyridine rings is 1. The molecule has 3 aromatic rings. The van der Waals surface area contributed by atoms with Gasteiger partial charge in [0.25, 0.3) is 5.91 Å². The predicted octanol–water partition coefficient (Wildman–Crippen LogP) is 3.23. The van der Waals surface area contributed by atoms with Gasteiger partial charge in [0.15, 0.2) is 0 Å². The molecule has 0 radical (unpaired) electrons. The predicted molar refractivity (Wildman–Crippen MR) is 99.4 cm³/mol. The number of hydrogen-bond donors (Lipinski definition) is 2. The average molecular weight is 390 g/mol. The molecule has 0 saturated heterocycles. The monoisotopic (exact) mass is 389 g/mol. The first-order valence-electron chi connectivity index (χ1n) is 7.81. The fourth-order valence-corrected chi connectivity index (χ4v) is 2.94. The third kappa shape index (κ3) is 5.01. The van der Waals surface area contributed by atoms with E-state index in [1.165, 1.54) is 11.3 Å². The number of nitrogens with zero attached hydrogens (tertiary/aromatic N) is 2. The van der Waals surface area contributed by atoms with E-state index < -0.39 is 6.10 Å². The van der Waals surface area contributed by atoms with Crippen molar-refractivity contribution in [3.63, 3.8) is 0 Å². The van der Waals surface area contributed by atoms with E-state index in [1.54, 1.807) is 54.2 Å². The van der Waals surface area contributed by atoms with E-state index in [0.29, 0.717) is 27.0 Å². The minimum Gasteiger partial charge on any atom is -0.486 e. The van der Waals surface area contributed by atoms with Crippen LogP contribution in [0, 0.1) is 0 Å². The van der Waals surface area contributed by atoms with Crippen molar-refractivity contribution in [2.45, 2.75) is 12.7 Å². The lowest BCUT2D eigenvalue weighted by molar-refractivity contribution is 0.0911. The maximum absolute atomic E-state index is 12.2. The van der Waals surface area contributed by atoms with Crippen molar-refractivity contribution in [1.29, 1.82) is 0 Å². The third-order valence-electron chi connectivity index (χ3n) is 3.49. The molecule has 0 unspecified atom stereocenters. The molecule has 3 rings (SSSR count). The van der Waals surface area contributed by atoms with Gasteiger partial charge < -0.3 is 15.2 Å². The lowest BCUT2D eigenvalue weighted by Gasteiger charge is -2.10. The van der Waals surface area contributed by atoms with Crippen LogP contribution in [-0.4, -0.2) is 27.5 Å². The largest absolute Gasteiger partial charge is 0.486 e.